The first-order valence-corrected chi connectivity index (χ1v) is 6.20. The van der Waals surface area contributed by atoms with Crippen LogP contribution in [0.5, 0.6) is 5.75 Å². The van der Waals surface area contributed by atoms with Crippen molar-refractivity contribution in [2.24, 2.45) is 0 Å². The van der Waals surface area contributed by atoms with E-state index in [-0.39, 0.29) is 5.60 Å². The molecule has 2 heteroatoms. The van der Waals surface area contributed by atoms with Crippen LogP contribution in [-0.4, -0.2) is 12.6 Å². The van der Waals surface area contributed by atoms with Gasteiger partial charge in [-0.2, -0.15) is 0 Å². The van der Waals surface area contributed by atoms with Gasteiger partial charge >= 0.3 is 0 Å². The molecule has 16 heavy (non-hydrogen) atoms. The number of nitrogens with one attached hydrogen (secondary N) is 1. The van der Waals surface area contributed by atoms with Gasteiger partial charge in [-0.25, -0.2) is 0 Å². The minimum atomic E-state index is 0.0159. The lowest BCUT2D eigenvalue weighted by atomic mass is 9.83. The quantitative estimate of drug-likeness (QED) is 0.842. The van der Waals surface area contributed by atoms with E-state index >= 15 is 0 Å². The smallest absolute Gasteiger partial charge is 0.124 e. The molecule has 88 valence electrons. The van der Waals surface area contributed by atoms with Gasteiger partial charge in [0.1, 0.15) is 11.4 Å². The second kappa shape index (κ2) is 4.46. The topological polar surface area (TPSA) is 21.3 Å². The van der Waals surface area contributed by atoms with Gasteiger partial charge in [-0.15, -0.1) is 0 Å². The molecule has 1 aromatic carbocycles. The fraction of sp³-hybridized carbons (Fsp3) is 0.571. The van der Waals surface area contributed by atoms with E-state index in [1.807, 2.05) is 13.1 Å². The molecule has 0 fully saturated rings. The van der Waals surface area contributed by atoms with Crippen molar-refractivity contribution in [1.29, 1.82) is 0 Å². The Hall–Kier alpha value is -1.02. The average Bonchev–Trinajstić information content (AvgIpc) is 2.37. The zero-order valence-corrected chi connectivity index (χ0v) is 10.4. The van der Waals surface area contributed by atoms with Crippen LogP contribution in [0.2, 0.25) is 0 Å². The molecule has 0 bridgehead atoms. The summed E-state index contributed by atoms with van der Waals surface area (Å²) < 4.78 is 6.21. The predicted molar refractivity (Wildman–Crippen MR) is 66.8 cm³/mol. The van der Waals surface area contributed by atoms with Crippen LogP contribution in [0.25, 0.3) is 0 Å². The largest absolute Gasteiger partial charge is 0.487 e. The Morgan fingerprint density at radius 3 is 2.62 bits per heavy atom. The standard InChI is InChI=1S/C14H21NO/c1-4-14(5-2)10-12(15-3)11-8-6-7-9-13(11)16-14/h6-9,12,15H,4-5,10H2,1-3H3. The number of benzene rings is 1. The van der Waals surface area contributed by atoms with Crippen molar-refractivity contribution < 1.29 is 4.74 Å². The zero-order valence-electron chi connectivity index (χ0n) is 10.4. The SMILES string of the molecule is CCC1(CC)CC(NC)c2ccccc2O1. The van der Waals surface area contributed by atoms with Crippen LogP contribution in [0.1, 0.15) is 44.7 Å². The van der Waals surface area contributed by atoms with Crippen LogP contribution < -0.4 is 10.1 Å². The highest BCUT2D eigenvalue weighted by molar-refractivity contribution is 5.38. The highest BCUT2D eigenvalue weighted by Gasteiger charge is 2.37. The van der Waals surface area contributed by atoms with Gasteiger partial charge in [-0.3, -0.25) is 0 Å². The summed E-state index contributed by atoms with van der Waals surface area (Å²) in [4.78, 5) is 0. The van der Waals surface area contributed by atoms with E-state index in [1.165, 1.54) is 5.56 Å². The van der Waals surface area contributed by atoms with Gasteiger partial charge in [0, 0.05) is 18.0 Å². The average molecular weight is 219 g/mol. The van der Waals surface area contributed by atoms with Crippen molar-refractivity contribution in [2.45, 2.75) is 44.8 Å². The summed E-state index contributed by atoms with van der Waals surface area (Å²) in [5.74, 6) is 1.05. The van der Waals surface area contributed by atoms with Gasteiger partial charge in [0.2, 0.25) is 0 Å². The maximum absolute atomic E-state index is 6.21. The first-order chi connectivity index (χ1) is 7.74. The Labute approximate surface area is 98.0 Å². The summed E-state index contributed by atoms with van der Waals surface area (Å²) >= 11 is 0. The number of rotatable bonds is 3. The highest BCUT2D eigenvalue weighted by atomic mass is 16.5. The maximum Gasteiger partial charge on any atom is 0.124 e. The van der Waals surface area contributed by atoms with Gasteiger partial charge < -0.3 is 10.1 Å². The Morgan fingerprint density at radius 2 is 2.00 bits per heavy atom. The van der Waals surface area contributed by atoms with Crippen molar-refractivity contribution in [3.63, 3.8) is 0 Å². The van der Waals surface area contributed by atoms with E-state index in [0.717, 1.165) is 25.0 Å². The van der Waals surface area contributed by atoms with E-state index in [1.54, 1.807) is 0 Å². The lowest BCUT2D eigenvalue weighted by molar-refractivity contribution is 0.0239. The summed E-state index contributed by atoms with van der Waals surface area (Å²) in [6, 6.07) is 8.79. The first-order valence-electron chi connectivity index (χ1n) is 6.20. The lowest BCUT2D eigenvalue weighted by Crippen LogP contribution is -2.42. The Balaban J connectivity index is 2.38. The number of ether oxygens (including phenoxy) is 1. The van der Waals surface area contributed by atoms with E-state index in [2.05, 4.69) is 37.4 Å². The molecule has 0 spiro atoms. The normalized spacial score (nSPS) is 22.3. The van der Waals surface area contributed by atoms with Crippen LogP contribution in [0, 0.1) is 0 Å². The predicted octanol–water partition coefficient (Wildman–Crippen LogP) is 3.29. The fourth-order valence-corrected chi connectivity index (χ4v) is 2.56. The van der Waals surface area contributed by atoms with Crippen LogP contribution in [-0.2, 0) is 0 Å². The molecule has 1 atom stereocenters. The van der Waals surface area contributed by atoms with Gasteiger partial charge in [-0.05, 0) is 26.0 Å². The van der Waals surface area contributed by atoms with Crippen molar-refractivity contribution in [3.8, 4) is 5.75 Å². The van der Waals surface area contributed by atoms with Crippen molar-refractivity contribution in [3.05, 3.63) is 29.8 Å². The Kier molecular flexibility index (Phi) is 3.20. The first kappa shape index (κ1) is 11.5. The molecule has 1 N–H and O–H groups in total. The Morgan fingerprint density at radius 1 is 1.31 bits per heavy atom. The Bertz CT molecular complexity index is 358. The van der Waals surface area contributed by atoms with Gasteiger partial charge in [0.05, 0.1) is 0 Å². The number of para-hydroxylation sites is 1. The number of hydrogen-bond acceptors (Lipinski definition) is 2. The molecule has 0 radical (unpaired) electrons. The maximum atomic E-state index is 6.21. The molecule has 1 aromatic rings. The second-order valence-corrected chi connectivity index (χ2v) is 4.58. The molecule has 0 aliphatic carbocycles. The fourth-order valence-electron chi connectivity index (χ4n) is 2.56. The molecule has 0 saturated heterocycles. The molecule has 1 aliphatic heterocycles. The van der Waals surface area contributed by atoms with Crippen LogP contribution in [0.15, 0.2) is 24.3 Å². The summed E-state index contributed by atoms with van der Waals surface area (Å²) in [6.07, 6.45) is 3.19. The molecule has 0 aromatic heterocycles. The number of hydrogen-bond donors (Lipinski definition) is 1. The molecule has 2 nitrogen and oxygen atoms in total. The summed E-state index contributed by atoms with van der Waals surface area (Å²) in [6.45, 7) is 4.42. The molecule has 0 amide bonds. The molecule has 1 heterocycles. The van der Waals surface area contributed by atoms with Gasteiger partial charge in [0.15, 0.2) is 0 Å². The van der Waals surface area contributed by atoms with Crippen LogP contribution >= 0.6 is 0 Å². The summed E-state index contributed by atoms with van der Waals surface area (Å²) in [5, 5.41) is 3.40. The third kappa shape index (κ3) is 1.82. The lowest BCUT2D eigenvalue weighted by Gasteiger charge is -2.41. The van der Waals surface area contributed by atoms with Gasteiger partial charge in [0.25, 0.3) is 0 Å². The molecule has 0 saturated carbocycles. The minimum Gasteiger partial charge on any atom is -0.487 e. The number of fused-ring (bicyclic) bond motifs is 1. The second-order valence-electron chi connectivity index (χ2n) is 4.58. The highest BCUT2D eigenvalue weighted by Crippen LogP contribution is 2.42. The summed E-state index contributed by atoms with van der Waals surface area (Å²) in [7, 11) is 2.03. The van der Waals surface area contributed by atoms with Crippen molar-refractivity contribution in [1.82, 2.24) is 5.32 Å². The van der Waals surface area contributed by atoms with E-state index < -0.39 is 0 Å². The summed E-state index contributed by atoms with van der Waals surface area (Å²) in [5.41, 5.74) is 1.31. The monoisotopic (exact) mass is 219 g/mol. The van der Waals surface area contributed by atoms with Crippen molar-refractivity contribution >= 4 is 0 Å². The van der Waals surface area contributed by atoms with Crippen molar-refractivity contribution in [2.75, 3.05) is 7.05 Å². The van der Waals surface area contributed by atoms with Crippen LogP contribution in [0.3, 0.4) is 0 Å². The molecular weight excluding hydrogens is 198 g/mol. The molecular formula is C14H21NO. The zero-order chi connectivity index (χ0) is 11.6. The molecule has 1 aliphatic rings. The minimum absolute atomic E-state index is 0.0159. The van der Waals surface area contributed by atoms with E-state index in [9.17, 15) is 0 Å². The third-order valence-electron chi connectivity index (χ3n) is 3.83. The van der Waals surface area contributed by atoms with Crippen LogP contribution in [0.4, 0.5) is 0 Å². The van der Waals surface area contributed by atoms with Gasteiger partial charge in [-0.1, -0.05) is 32.0 Å². The van der Waals surface area contributed by atoms with E-state index in [4.69, 9.17) is 4.74 Å². The molecule has 1 unspecified atom stereocenters. The molecule has 2 rings (SSSR count). The van der Waals surface area contributed by atoms with E-state index in [0.29, 0.717) is 6.04 Å². The third-order valence-corrected chi connectivity index (χ3v) is 3.83.